The number of carbonyl (C=O) groups is 1. The van der Waals surface area contributed by atoms with Crippen molar-refractivity contribution in [2.75, 3.05) is 24.8 Å². The zero-order valence-corrected chi connectivity index (χ0v) is 23.0. The Bertz CT molecular complexity index is 1390. The first-order chi connectivity index (χ1) is 18.8. The van der Waals surface area contributed by atoms with E-state index >= 15 is 0 Å². The quantitative estimate of drug-likeness (QED) is 0.422. The summed E-state index contributed by atoms with van der Waals surface area (Å²) in [4.78, 5) is 27.6. The molecule has 2 atom stereocenters. The van der Waals surface area contributed by atoms with E-state index in [1.54, 1.807) is 7.11 Å². The van der Waals surface area contributed by atoms with Gasteiger partial charge in [0.15, 0.2) is 11.5 Å². The molecule has 1 saturated carbocycles. The van der Waals surface area contributed by atoms with Gasteiger partial charge >= 0.3 is 0 Å². The Morgan fingerprint density at radius 2 is 1.95 bits per heavy atom. The lowest BCUT2D eigenvalue weighted by Gasteiger charge is -2.47. The number of methoxy groups -OCH3 is 1. The lowest BCUT2D eigenvalue weighted by Crippen LogP contribution is -2.53. The van der Waals surface area contributed by atoms with Gasteiger partial charge in [-0.05, 0) is 75.3 Å². The molecule has 3 heterocycles. The topological polar surface area (TPSA) is 115 Å². The third kappa shape index (κ3) is 4.77. The highest BCUT2D eigenvalue weighted by atomic mass is 16.5. The van der Waals surface area contributed by atoms with Gasteiger partial charge in [0.2, 0.25) is 11.8 Å². The van der Waals surface area contributed by atoms with Gasteiger partial charge in [0.25, 0.3) is 0 Å². The van der Waals surface area contributed by atoms with Crippen LogP contribution in [-0.4, -0.2) is 46.6 Å². The van der Waals surface area contributed by atoms with Gasteiger partial charge in [0.1, 0.15) is 18.0 Å². The minimum Gasteiger partial charge on any atom is -0.493 e. The minimum absolute atomic E-state index is 0.0944. The molecule has 39 heavy (non-hydrogen) atoms. The molecule has 204 valence electrons. The second-order valence-electron chi connectivity index (χ2n) is 10.6. The SMILES string of the molecule is C=CC(=O)N[C@H]1CC[C@@H](C2(C)C(c3ccc(Oc4cccc(C)n4)c(OC)c3)c3c(N)ncnc3N2C)CC1. The second kappa shape index (κ2) is 10.6. The zero-order valence-electron chi connectivity index (χ0n) is 23.0. The van der Waals surface area contributed by atoms with Crippen molar-refractivity contribution in [1.29, 1.82) is 0 Å². The number of hydrogen-bond donors (Lipinski definition) is 2. The molecule has 1 aliphatic heterocycles. The van der Waals surface area contributed by atoms with Crippen molar-refractivity contribution in [3.63, 3.8) is 0 Å². The van der Waals surface area contributed by atoms with Crippen molar-refractivity contribution in [1.82, 2.24) is 20.3 Å². The van der Waals surface area contributed by atoms with Crippen molar-refractivity contribution in [3.05, 3.63) is 72.2 Å². The first-order valence-electron chi connectivity index (χ1n) is 13.3. The maximum Gasteiger partial charge on any atom is 0.243 e. The molecule has 2 aliphatic rings. The smallest absolute Gasteiger partial charge is 0.243 e. The van der Waals surface area contributed by atoms with Crippen LogP contribution in [0.15, 0.2) is 55.4 Å². The Balaban J connectivity index is 1.51. The van der Waals surface area contributed by atoms with Gasteiger partial charge in [0.05, 0.1) is 12.6 Å². The molecule has 0 radical (unpaired) electrons. The number of benzene rings is 1. The lowest BCUT2D eigenvalue weighted by molar-refractivity contribution is -0.117. The third-order valence-electron chi connectivity index (χ3n) is 8.49. The van der Waals surface area contributed by atoms with E-state index < -0.39 is 0 Å². The molecular weight excluding hydrogens is 492 g/mol. The van der Waals surface area contributed by atoms with Crippen LogP contribution in [-0.2, 0) is 4.79 Å². The monoisotopic (exact) mass is 528 g/mol. The van der Waals surface area contributed by atoms with E-state index in [1.807, 2.05) is 37.3 Å². The fraction of sp³-hybridized carbons (Fsp3) is 0.400. The molecule has 1 aromatic carbocycles. The summed E-state index contributed by atoms with van der Waals surface area (Å²) in [5.41, 5.74) is 9.05. The largest absolute Gasteiger partial charge is 0.493 e. The molecule has 9 heteroatoms. The van der Waals surface area contributed by atoms with E-state index in [-0.39, 0.29) is 23.4 Å². The number of hydrogen-bond acceptors (Lipinski definition) is 8. The van der Waals surface area contributed by atoms with E-state index in [1.165, 1.54) is 12.4 Å². The first kappa shape index (κ1) is 26.5. The van der Waals surface area contributed by atoms with Gasteiger partial charge in [-0.2, -0.15) is 0 Å². The Kier molecular flexibility index (Phi) is 7.16. The Morgan fingerprint density at radius 1 is 1.18 bits per heavy atom. The van der Waals surface area contributed by atoms with Crippen LogP contribution in [0.4, 0.5) is 11.6 Å². The lowest BCUT2D eigenvalue weighted by atomic mass is 9.66. The predicted molar refractivity (Wildman–Crippen MR) is 151 cm³/mol. The summed E-state index contributed by atoms with van der Waals surface area (Å²) >= 11 is 0. The van der Waals surface area contributed by atoms with Crippen LogP contribution < -0.4 is 25.4 Å². The standard InChI is InChI=1S/C30H36N6O3/c1-6-24(37)35-21-13-11-20(12-14-21)30(3)27(26-28(31)32-17-33-29(26)36(30)4)19-10-15-22(23(16-19)38-5)39-25-9-7-8-18(2)34-25/h6-10,15-17,20-21,27H,1,11-14H2,2-5H3,(H,35,37)(H2,31,32,33)/t20-,21+,27?,30?. The number of nitrogen functional groups attached to an aromatic ring is 1. The van der Waals surface area contributed by atoms with E-state index in [0.717, 1.165) is 48.3 Å². The number of nitrogens with two attached hydrogens (primary N) is 1. The van der Waals surface area contributed by atoms with E-state index in [4.69, 9.17) is 15.2 Å². The fourth-order valence-electron chi connectivity index (χ4n) is 6.39. The molecule has 5 rings (SSSR count). The number of carbonyl (C=O) groups excluding carboxylic acids is 1. The number of likely N-dealkylation sites (N-methyl/N-ethyl adjacent to an activating group) is 1. The maximum atomic E-state index is 11.9. The summed E-state index contributed by atoms with van der Waals surface area (Å²) in [5, 5.41) is 3.07. The highest BCUT2D eigenvalue weighted by molar-refractivity contribution is 5.87. The number of nitrogens with one attached hydrogen (secondary N) is 1. The van der Waals surface area contributed by atoms with Crippen molar-refractivity contribution >= 4 is 17.5 Å². The molecule has 3 aromatic rings. The molecular formula is C30H36N6O3. The first-order valence-corrected chi connectivity index (χ1v) is 13.3. The van der Waals surface area contributed by atoms with Gasteiger partial charge in [0, 0.05) is 36.3 Å². The predicted octanol–water partition coefficient (Wildman–Crippen LogP) is 4.76. The highest BCUT2D eigenvalue weighted by Crippen LogP contribution is 2.57. The van der Waals surface area contributed by atoms with Gasteiger partial charge in [-0.1, -0.05) is 18.7 Å². The van der Waals surface area contributed by atoms with Crippen molar-refractivity contribution in [3.8, 4) is 17.4 Å². The zero-order chi connectivity index (χ0) is 27.7. The second-order valence-corrected chi connectivity index (χ2v) is 10.6. The summed E-state index contributed by atoms with van der Waals surface area (Å²) in [6.45, 7) is 7.80. The van der Waals surface area contributed by atoms with Crippen LogP contribution in [0.25, 0.3) is 0 Å². The third-order valence-corrected chi connectivity index (χ3v) is 8.49. The molecule has 9 nitrogen and oxygen atoms in total. The number of aromatic nitrogens is 3. The number of nitrogens with zero attached hydrogens (tertiary/aromatic N) is 4. The van der Waals surface area contributed by atoms with Gasteiger partial charge in [-0.15, -0.1) is 0 Å². The number of anilines is 2. The summed E-state index contributed by atoms with van der Waals surface area (Å²) in [5.74, 6) is 3.15. The number of aryl methyl sites for hydroxylation is 1. The Labute approximate surface area is 229 Å². The van der Waals surface area contributed by atoms with E-state index in [2.05, 4.69) is 51.8 Å². The number of ether oxygens (including phenoxy) is 2. The van der Waals surface area contributed by atoms with Crippen LogP contribution in [0.2, 0.25) is 0 Å². The molecule has 2 unspecified atom stereocenters. The van der Waals surface area contributed by atoms with Gasteiger partial charge in [-0.3, -0.25) is 4.79 Å². The molecule has 0 bridgehead atoms. The number of pyridine rings is 1. The van der Waals surface area contributed by atoms with E-state index in [0.29, 0.717) is 29.1 Å². The summed E-state index contributed by atoms with van der Waals surface area (Å²) in [7, 11) is 3.73. The van der Waals surface area contributed by atoms with Crippen LogP contribution in [0, 0.1) is 12.8 Å². The molecule has 3 N–H and O–H groups in total. The summed E-state index contributed by atoms with van der Waals surface area (Å²) in [6.07, 6.45) is 6.58. The number of amides is 1. The molecule has 0 saturated heterocycles. The highest BCUT2D eigenvalue weighted by Gasteiger charge is 2.54. The molecule has 1 fully saturated rings. The average molecular weight is 529 g/mol. The van der Waals surface area contributed by atoms with Crippen molar-refractivity contribution in [2.24, 2.45) is 5.92 Å². The fourth-order valence-corrected chi connectivity index (χ4v) is 6.39. The van der Waals surface area contributed by atoms with Gasteiger partial charge in [-0.25, -0.2) is 15.0 Å². The Hall–Kier alpha value is -4.14. The summed E-state index contributed by atoms with van der Waals surface area (Å²) in [6, 6.07) is 11.8. The Morgan fingerprint density at radius 3 is 2.64 bits per heavy atom. The molecule has 0 spiro atoms. The van der Waals surface area contributed by atoms with Crippen molar-refractivity contribution in [2.45, 2.75) is 57.0 Å². The number of fused-ring (bicyclic) bond motifs is 1. The van der Waals surface area contributed by atoms with Crippen LogP contribution in [0.3, 0.4) is 0 Å². The molecule has 2 aromatic heterocycles. The van der Waals surface area contributed by atoms with Crippen LogP contribution in [0.5, 0.6) is 17.4 Å². The van der Waals surface area contributed by atoms with E-state index in [9.17, 15) is 4.79 Å². The molecule has 1 amide bonds. The van der Waals surface area contributed by atoms with Crippen LogP contribution in [0.1, 0.15) is 55.3 Å². The normalized spacial score (nSPS) is 24.1. The summed E-state index contributed by atoms with van der Waals surface area (Å²) < 4.78 is 11.9. The average Bonchev–Trinajstić information content (AvgIpc) is 3.17. The van der Waals surface area contributed by atoms with Crippen molar-refractivity contribution < 1.29 is 14.3 Å². The molecule has 1 aliphatic carbocycles. The van der Waals surface area contributed by atoms with Crippen LogP contribution >= 0.6 is 0 Å². The maximum absolute atomic E-state index is 11.9. The minimum atomic E-state index is -0.328. The number of rotatable bonds is 7. The van der Waals surface area contributed by atoms with Gasteiger partial charge < -0.3 is 25.4 Å².